The predicted molar refractivity (Wildman–Crippen MR) is 98.4 cm³/mol. The largest absolute Gasteiger partial charge is 0.336 e. The van der Waals surface area contributed by atoms with Gasteiger partial charge >= 0.3 is 0 Å². The molecule has 7 nitrogen and oxygen atoms in total. The van der Waals surface area contributed by atoms with Crippen LogP contribution in [0, 0.1) is 11.3 Å². The number of carbonyl (C=O) groups is 1. The Hall–Kier alpha value is -1.75. The topological polar surface area (TPSA) is 101 Å². The second-order valence-corrected chi connectivity index (χ2v) is 9.10. The normalized spacial score (nSPS) is 18.4. The summed E-state index contributed by atoms with van der Waals surface area (Å²) in [6, 6.07) is 2.39. The number of rotatable bonds is 4. The van der Waals surface area contributed by atoms with Crippen molar-refractivity contribution in [2.45, 2.75) is 81.2 Å². The van der Waals surface area contributed by atoms with Crippen LogP contribution in [-0.4, -0.2) is 43.5 Å². The second kappa shape index (κ2) is 7.24. The number of hydrogen-bond acceptors (Lipinski definition) is 6. The zero-order valence-electron chi connectivity index (χ0n) is 15.7. The first-order chi connectivity index (χ1) is 11.6. The minimum absolute atomic E-state index is 0.0752. The monoisotopic (exact) mass is 364 g/mol. The van der Waals surface area contributed by atoms with Gasteiger partial charge in [0.05, 0.1) is 11.3 Å². The molecule has 1 aromatic rings. The number of nitrogen functional groups attached to an aromatic ring is 1. The van der Waals surface area contributed by atoms with Crippen LogP contribution in [0.5, 0.6) is 0 Å². The fourth-order valence-electron chi connectivity index (χ4n) is 3.22. The van der Waals surface area contributed by atoms with E-state index in [4.69, 9.17) is 5.84 Å². The molecule has 1 amide bonds. The Morgan fingerprint density at radius 3 is 2.44 bits per heavy atom. The lowest BCUT2D eigenvalue weighted by atomic mass is 9.81. The van der Waals surface area contributed by atoms with Crippen LogP contribution in [-0.2, 0) is 10.2 Å². The van der Waals surface area contributed by atoms with Gasteiger partial charge in [-0.25, -0.2) is 4.68 Å². The van der Waals surface area contributed by atoms with Crippen molar-refractivity contribution < 1.29 is 4.79 Å². The lowest BCUT2D eigenvalue weighted by molar-refractivity contribution is -0.133. The Balaban J connectivity index is 2.13. The summed E-state index contributed by atoms with van der Waals surface area (Å²) >= 11 is 1.28. The molecular weight excluding hydrogens is 336 g/mol. The highest BCUT2D eigenvalue weighted by atomic mass is 32.2. The fraction of sp³-hybridized carbons (Fsp3) is 0.765. The van der Waals surface area contributed by atoms with Crippen molar-refractivity contribution in [2.24, 2.45) is 0 Å². The van der Waals surface area contributed by atoms with E-state index in [2.05, 4.69) is 16.3 Å². The minimum atomic E-state index is -0.683. The van der Waals surface area contributed by atoms with Crippen LogP contribution in [0.4, 0.5) is 0 Å². The van der Waals surface area contributed by atoms with Crippen molar-refractivity contribution >= 4 is 17.7 Å². The Kier molecular flexibility index (Phi) is 5.67. The third-order valence-electron chi connectivity index (χ3n) is 4.83. The van der Waals surface area contributed by atoms with Gasteiger partial charge < -0.3 is 10.7 Å². The molecule has 0 aliphatic heterocycles. The maximum Gasteiger partial charge on any atom is 0.236 e. The zero-order valence-corrected chi connectivity index (χ0v) is 16.6. The second-order valence-electron chi connectivity index (χ2n) is 7.79. The number of carbonyl (C=O) groups excluding carboxylic acids is 1. The average molecular weight is 365 g/mol. The van der Waals surface area contributed by atoms with Crippen LogP contribution in [0.1, 0.15) is 65.6 Å². The highest BCUT2D eigenvalue weighted by Gasteiger charge is 2.40. The van der Waals surface area contributed by atoms with Crippen molar-refractivity contribution in [1.82, 2.24) is 19.8 Å². The van der Waals surface area contributed by atoms with Gasteiger partial charge in [-0.15, -0.1) is 10.2 Å². The van der Waals surface area contributed by atoms with Crippen molar-refractivity contribution in [3.8, 4) is 6.07 Å². The van der Waals surface area contributed by atoms with E-state index >= 15 is 0 Å². The molecule has 0 bridgehead atoms. The SMILES string of the molecule is C[C@@H](Sc1nnc(C(C)(C)C)n1N)C(=O)N(C)C1(C#N)CCCCC1. The van der Waals surface area contributed by atoms with Crippen molar-refractivity contribution in [3.05, 3.63) is 5.82 Å². The van der Waals surface area contributed by atoms with E-state index in [-0.39, 0.29) is 11.3 Å². The third kappa shape index (κ3) is 3.92. The van der Waals surface area contributed by atoms with E-state index in [9.17, 15) is 10.1 Å². The van der Waals surface area contributed by atoms with Gasteiger partial charge in [-0.2, -0.15) is 5.26 Å². The van der Waals surface area contributed by atoms with Gasteiger partial charge in [-0.3, -0.25) is 4.79 Å². The molecule has 1 aliphatic carbocycles. The number of thioether (sulfide) groups is 1. The summed E-state index contributed by atoms with van der Waals surface area (Å²) in [4.78, 5) is 14.5. The smallest absolute Gasteiger partial charge is 0.236 e. The van der Waals surface area contributed by atoms with Crippen LogP contribution in [0.3, 0.4) is 0 Å². The van der Waals surface area contributed by atoms with Crippen LogP contribution < -0.4 is 5.84 Å². The minimum Gasteiger partial charge on any atom is -0.336 e. The lowest BCUT2D eigenvalue weighted by Crippen LogP contribution is -2.52. The molecule has 25 heavy (non-hydrogen) atoms. The van der Waals surface area contributed by atoms with Crippen LogP contribution in [0.25, 0.3) is 0 Å². The maximum atomic E-state index is 12.9. The zero-order chi connectivity index (χ0) is 18.8. The van der Waals surface area contributed by atoms with Crippen molar-refractivity contribution in [2.75, 3.05) is 12.9 Å². The molecule has 0 saturated heterocycles. The molecule has 8 heteroatoms. The van der Waals surface area contributed by atoms with Crippen molar-refractivity contribution in [3.63, 3.8) is 0 Å². The van der Waals surface area contributed by atoms with Crippen LogP contribution >= 0.6 is 11.8 Å². The van der Waals surface area contributed by atoms with Gasteiger partial charge in [0, 0.05) is 12.5 Å². The standard InChI is InChI=1S/C17H28N6OS/c1-12(25-15-21-20-14(23(15)19)16(2,3)4)13(24)22(5)17(11-18)9-7-6-8-10-17/h12H,6-10,19H2,1-5H3/t12-/m1/s1. The molecule has 1 fully saturated rings. The number of amides is 1. The summed E-state index contributed by atoms with van der Waals surface area (Å²) in [5, 5.41) is 18.1. The molecule has 1 atom stereocenters. The first-order valence-electron chi connectivity index (χ1n) is 8.69. The number of nitrogens with zero attached hydrogens (tertiary/aromatic N) is 5. The third-order valence-corrected chi connectivity index (χ3v) is 5.87. The molecule has 1 aliphatic rings. The Morgan fingerprint density at radius 1 is 1.36 bits per heavy atom. The quantitative estimate of drug-likeness (QED) is 0.650. The van der Waals surface area contributed by atoms with Crippen molar-refractivity contribution in [1.29, 1.82) is 5.26 Å². The Morgan fingerprint density at radius 2 is 1.96 bits per heavy atom. The number of nitrogens with two attached hydrogens (primary N) is 1. The van der Waals surface area contributed by atoms with Gasteiger partial charge in [0.2, 0.25) is 11.1 Å². The molecule has 138 valence electrons. The van der Waals surface area contributed by atoms with Gasteiger partial charge in [0.25, 0.3) is 0 Å². The number of hydrogen-bond donors (Lipinski definition) is 1. The van der Waals surface area contributed by atoms with Gasteiger partial charge in [0.15, 0.2) is 5.82 Å². The van der Waals surface area contributed by atoms with Gasteiger partial charge in [0.1, 0.15) is 5.54 Å². The molecule has 0 unspecified atom stereocenters. The number of nitriles is 1. The van der Waals surface area contributed by atoms with E-state index < -0.39 is 10.8 Å². The highest BCUT2D eigenvalue weighted by molar-refractivity contribution is 8.00. The van der Waals surface area contributed by atoms with Crippen LogP contribution in [0.2, 0.25) is 0 Å². The lowest BCUT2D eigenvalue weighted by Gasteiger charge is -2.40. The summed E-state index contributed by atoms with van der Waals surface area (Å²) in [6.45, 7) is 7.85. The summed E-state index contributed by atoms with van der Waals surface area (Å²) in [7, 11) is 1.74. The summed E-state index contributed by atoms with van der Waals surface area (Å²) < 4.78 is 1.45. The molecule has 0 radical (unpaired) electrons. The summed E-state index contributed by atoms with van der Waals surface area (Å²) in [5.41, 5.74) is -0.908. The molecular formula is C17H28N6OS. The predicted octanol–water partition coefficient (Wildman–Crippen LogP) is 2.45. The molecule has 2 rings (SSSR count). The Bertz CT molecular complexity index is 666. The molecule has 1 heterocycles. The molecule has 0 aromatic carbocycles. The first-order valence-corrected chi connectivity index (χ1v) is 9.57. The first kappa shape index (κ1) is 19.6. The molecule has 0 spiro atoms. The maximum absolute atomic E-state index is 12.9. The van der Waals surface area contributed by atoms with E-state index in [1.165, 1.54) is 16.4 Å². The van der Waals surface area contributed by atoms with E-state index in [0.717, 1.165) is 32.1 Å². The molecule has 2 N–H and O–H groups in total. The number of aromatic nitrogens is 3. The average Bonchev–Trinajstić information content (AvgIpc) is 2.94. The Labute approximate surface area is 153 Å². The molecule has 1 aromatic heterocycles. The van der Waals surface area contributed by atoms with E-state index in [1.54, 1.807) is 11.9 Å². The summed E-state index contributed by atoms with van der Waals surface area (Å²) in [5.74, 6) is 6.70. The summed E-state index contributed by atoms with van der Waals surface area (Å²) in [6.07, 6.45) is 4.58. The highest BCUT2D eigenvalue weighted by Crippen LogP contribution is 2.34. The molecule has 1 saturated carbocycles. The van der Waals surface area contributed by atoms with Crippen LogP contribution in [0.15, 0.2) is 5.16 Å². The van der Waals surface area contributed by atoms with E-state index in [0.29, 0.717) is 11.0 Å². The van der Waals surface area contributed by atoms with E-state index in [1.807, 2.05) is 27.7 Å². The fourth-order valence-corrected chi connectivity index (χ4v) is 4.08. The van der Waals surface area contributed by atoms with Gasteiger partial charge in [-0.05, 0) is 19.8 Å². The van der Waals surface area contributed by atoms with Gasteiger partial charge in [-0.1, -0.05) is 51.8 Å².